The summed E-state index contributed by atoms with van der Waals surface area (Å²) < 4.78 is 12.8. The molecule has 2 aliphatic rings. The van der Waals surface area contributed by atoms with Crippen LogP contribution in [0.1, 0.15) is 40.9 Å². The largest absolute Gasteiger partial charge is 0.552 e. The van der Waals surface area contributed by atoms with E-state index in [2.05, 4.69) is 17.3 Å². The maximum absolute atomic E-state index is 12.0. The molecule has 1 aromatic heterocycles. The van der Waals surface area contributed by atoms with E-state index < -0.39 is 13.0 Å². The van der Waals surface area contributed by atoms with E-state index in [1.165, 1.54) is 0 Å². The summed E-state index contributed by atoms with van der Waals surface area (Å²) >= 11 is 0. The molecule has 0 unspecified atom stereocenters. The highest BCUT2D eigenvalue weighted by atomic mass is 16.5. The maximum Gasteiger partial charge on any atom is 0.552 e. The quantitative estimate of drug-likeness (QED) is 0.698. The van der Waals surface area contributed by atoms with Gasteiger partial charge in [-0.25, -0.2) is 0 Å². The van der Waals surface area contributed by atoms with E-state index in [1.54, 1.807) is 22.9 Å². The van der Waals surface area contributed by atoms with Gasteiger partial charge in [0.2, 0.25) is 0 Å². The minimum absolute atomic E-state index is 0.0600. The van der Waals surface area contributed by atoms with Gasteiger partial charge in [-0.05, 0) is 42.9 Å². The van der Waals surface area contributed by atoms with Crippen LogP contribution in [0, 0.1) is 12.8 Å². The van der Waals surface area contributed by atoms with Crippen molar-refractivity contribution < 1.29 is 19.2 Å². The maximum atomic E-state index is 12.0. The molecule has 9 heteroatoms. The summed E-state index contributed by atoms with van der Waals surface area (Å²) in [6.45, 7) is 5.39. The van der Waals surface area contributed by atoms with Crippen LogP contribution in [0.15, 0.2) is 24.3 Å². The molecule has 2 aromatic rings. The van der Waals surface area contributed by atoms with Crippen molar-refractivity contribution in [3.63, 3.8) is 0 Å². The van der Waals surface area contributed by atoms with Gasteiger partial charge in [-0.2, -0.15) is 5.10 Å². The van der Waals surface area contributed by atoms with Crippen molar-refractivity contribution in [1.82, 2.24) is 9.78 Å². The van der Waals surface area contributed by atoms with Gasteiger partial charge in [-0.15, -0.1) is 0 Å². The van der Waals surface area contributed by atoms with Crippen LogP contribution in [0.2, 0.25) is 0 Å². The first-order chi connectivity index (χ1) is 13.4. The van der Waals surface area contributed by atoms with E-state index in [0.29, 0.717) is 29.7 Å². The minimum Gasteiger partial charge on any atom is -0.532 e. The Labute approximate surface area is 163 Å². The number of aromatic nitrogens is 2. The number of ether oxygens (including phenoxy) is 1. The molecule has 4 N–H and O–H groups in total. The summed E-state index contributed by atoms with van der Waals surface area (Å²) in [6.07, 6.45) is 4.45. The third-order valence-corrected chi connectivity index (χ3v) is 5.40. The second-order valence-corrected chi connectivity index (χ2v) is 7.29. The molecule has 28 heavy (non-hydrogen) atoms. The highest BCUT2D eigenvalue weighted by Crippen LogP contribution is 2.34. The smallest absolute Gasteiger partial charge is 0.532 e. The number of anilines is 2. The summed E-state index contributed by atoms with van der Waals surface area (Å²) in [4.78, 5) is 12.0. The van der Waals surface area contributed by atoms with Crippen molar-refractivity contribution in [2.45, 2.75) is 26.3 Å². The van der Waals surface area contributed by atoms with Gasteiger partial charge in [0.25, 0.3) is 5.91 Å². The van der Waals surface area contributed by atoms with Gasteiger partial charge in [0.1, 0.15) is 11.3 Å². The zero-order valence-corrected chi connectivity index (χ0v) is 15.9. The van der Waals surface area contributed by atoms with E-state index in [9.17, 15) is 9.82 Å². The van der Waals surface area contributed by atoms with E-state index in [0.717, 1.165) is 29.8 Å². The predicted octanol–water partition coefficient (Wildman–Crippen LogP) is 2.06. The first kappa shape index (κ1) is 18.6. The average molecular weight is 382 g/mol. The Kier molecular flexibility index (Phi) is 4.86. The fraction of sp³-hybridized carbons (Fsp3) is 0.368. The number of amides is 1. The molecule has 1 saturated heterocycles. The number of carbonyl (C=O) groups is 1. The Morgan fingerprint density at radius 2 is 2.29 bits per heavy atom. The molecule has 1 aromatic carbocycles. The summed E-state index contributed by atoms with van der Waals surface area (Å²) in [7, 11) is -0.942. The Morgan fingerprint density at radius 3 is 3.04 bits per heavy atom. The molecule has 4 rings (SSSR count). The van der Waals surface area contributed by atoms with Gasteiger partial charge in [0.05, 0.1) is 12.6 Å². The highest BCUT2D eigenvalue weighted by Gasteiger charge is 2.27. The summed E-state index contributed by atoms with van der Waals surface area (Å²) in [6, 6.07) is 3.66. The van der Waals surface area contributed by atoms with Gasteiger partial charge in [0.15, 0.2) is 5.82 Å². The number of benzene rings is 1. The van der Waals surface area contributed by atoms with Crippen molar-refractivity contribution in [2.24, 2.45) is 11.7 Å². The predicted molar refractivity (Wildman–Crippen MR) is 106 cm³/mol. The van der Waals surface area contributed by atoms with Crippen molar-refractivity contribution in [1.29, 1.82) is 0 Å². The van der Waals surface area contributed by atoms with Gasteiger partial charge in [-0.3, -0.25) is 9.48 Å². The Balaban J connectivity index is 1.67. The molecular weight excluding hydrogens is 359 g/mol. The second kappa shape index (κ2) is 7.33. The number of nitrogens with one attached hydrogen (secondary N) is 1. The number of nitrogens with two attached hydrogens (primary N) is 1. The molecule has 2 atom stereocenters. The summed E-state index contributed by atoms with van der Waals surface area (Å²) in [5.41, 5.74) is 8.48. The van der Waals surface area contributed by atoms with Gasteiger partial charge in [0, 0.05) is 24.1 Å². The first-order valence-corrected chi connectivity index (χ1v) is 9.34. The number of carbonyl (C=O) groups excluding carboxylic acids is 1. The molecule has 0 spiro atoms. The minimum atomic E-state index is -0.942. The number of nitrogens with zero attached hydrogens (tertiary/aromatic N) is 2. The number of hydrogen-bond acceptors (Lipinski definition) is 6. The van der Waals surface area contributed by atoms with Crippen LogP contribution in [0.5, 0.6) is 5.75 Å². The Morgan fingerprint density at radius 1 is 1.46 bits per heavy atom. The Hall–Kier alpha value is -2.78. The lowest BCUT2D eigenvalue weighted by Crippen LogP contribution is -2.28. The van der Waals surface area contributed by atoms with Crippen LogP contribution in [-0.4, -0.2) is 41.0 Å². The molecule has 3 heterocycles. The second-order valence-electron chi connectivity index (χ2n) is 7.29. The fourth-order valence-corrected chi connectivity index (χ4v) is 3.63. The average Bonchev–Trinajstić information content (AvgIpc) is 3.08. The zero-order chi connectivity index (χ0) is 19.8. The van der Waals surface area contributed by atoms with Crippen LogP contribution < -0.4 is 15.7 Å². The van der Waals surface area contributed by atoms with Crippen LogP contribution in [0.4, 0.5) is 11.5 Å². The molecule has 0 bridgehead atoms. The van der Waals surface area contributed by atoms with Crippen LogP contribution in [-0.2, 0) is 4.74 Å². The molecule has 146 valence electrons. The van der Waals surface area contributed by atoms with Crippen molar-refractivity contribution >= 4 is 30.6 Å². The number of primary amides is 1. The molecule has 1 fully saturated rings. The normalized spacial score (nSPS) is 21.2. The van der Waals surface area contributed by atoms with Gasteiger partial charge >= 0.3 is 7.12 Å². The molecule has 1 amide bonds. The molecule has 2 aliphatic heterocycles. The lowest BCUT2D eigenvalue weighted by atomic mass is 9.85. The monoisotopic (exact) mass is 382 g/mol. The third kappa shape index (κ3) is 3.38. The lowest BCUT2D eigenvalue weighted by Gasteiger charge is -2.28. The highest BCUT2D eigenvalue weighted by molar-refractivity contribution is 6.51. The number of hydrogen-bond donors (Lipinski definition) is 3. The van der Waals surface area contributed by atoms with E-state index in [-0.39, 0.29) is 6.04 Å². The van der Waals surface area contributed by atoms with Crippen LogP contribution >= 0.6 is 0 Å². The zero-order valence-electron chi connectivity index (χ0n) is 15.9. The topological polar surface area (TPSA) is 112 Å². The first-order valence-electron chi connectivity index (χ1n) is 9.34. The van der Waals surface area contributed by atoms with E-state index in [4.69, 9.17) is 15.1 Å². The molecule has 0 aliphatic carbocycles. The van der Waals surface area contributed by atoms with Gasteiger partial charge in [-0.1, -0.05) is 13.0 Å². The van der Waals surface area contributed by atoms with Crippen LogP contribution in [0.25, 0.3) is 6.08 Å². The van der Waals surface area contributed by atoms with E-state index in [1.807, 2.05) is 19.1 Å². The summed E-state index contributed by atoms with van der Waals surface area (Å²) in [5, 5.41) is 17.4. The Bertz CT molecular complexity index is 942. The standard InChI is InChI=1S/C19H23BN4O4/c1-11-6-8-27-10-16(11)24-9-14(18(21)25)19(23-24)22-15-3-4-17-13(12(15)2)5-7-20(26)28-17/h3-5,7,9,11,16,26H,6,8,10H2,1-2H3,(H2,21,25)(H,22,23)/t11-,16-/m0/s1. The lowest BCUT2D eigenvalue weighted by molar-refractivity contribution is 0.0238. The SMILES string of the molecule is Cc1c(Nc2nn([C@H]3COCC[C@@H]3C)cc2C(N)=O)ccc2c1C=CB(O)O2. The fourth-order valence-electron chi connectivity index (χ4n) is 3.63. The number of rotatable bonds is 4. The number of fused-ring (bicyclic) bond motifs is 1. The third-order valence-electron chi connectivity index (χ3n) is 5.40. The van der Waals surface area contributed by atoms with Crippen LogP contribution in [0.3, 0.4) is 0 Å². The molecule has 8 nitrogen and oxygen atoms in total. The summed E-state index contributed by atoms with van der Waals surface area (Å²) in [5.74, 6) is 2.44. The van der Waals surface area contributed by atoms with Crippen molar-refractivity contribution in [3.8, 4) is 5.75 Å². The van der Waals surface area contributed by atoms with Gasteiger partial charge < -0.3 is 25.5 Å². The molecule has 0 radical (unpaired) electrons. The van der Waals surface area contributed by atoms with Crippen molar-refractivity contribution in [2.75, 3.05) is 18.5 Å². The van der Waals surface area contributed by atoms with Crippen molar-refractivity contribution in [3.05, 3.63) is 41.0 Å². The van der Waals surface area contributed by atoms with E-state index >= 15 is 0 Å². The molecule has 0 saturated carbocycles. The molecular formula is C19H23BN4O4.